The third-order valence-corrected chi connectivity index (χ3v) is 7.75. The number of hydrogen-bond acceptors (Lipinski definition) is 4. The van der Waals surface area contributed by atoms with Crippen LogP contribution in [0.5, 0.6) is 0 Å². The van der Waals surface area contributed by atoms with Gasteiger partial charge in [0.25, 0.3) is 5.91 Å². The van der Waals surface area contributed by atoms with Crippen LogP contribution in [0, 0.1) is 5.92 Å². The van der Waals surface area contributed by atoms with Crippen LogP contribution in [-0.4, -0.2) is 66.9 Å². The molecule has 2 aromatic rings. The number of halogens is 6. The number of amides is 2. The summed E-state index contributed by atoms with van der Waals surface area (Å²) in [5.41, 5.74) is -0.851. The van der Waals surface area contributed by atoms with E-state index in [-0.39, 0.29) is 18.2 Å². The number of rotatable bonds is 9. The molecule has 1 unspecified atom stereocenters. The normalized spacial score (nSPS) is 19.3. The number of piperidine rings is 1. The molecule has 6 nitrogen and oxygen atoms in total. The number of carbonyl (C=O) groups excluding carboxylic acids is 2. The van der Waals surface area contributed by atoms with Crippen LogP contribution in [0.4, 0.5) is 26.3 Å². The van der Waals surface area contributed by atoms with E-state index in [1.54, 1.807) is 12.1 Å². The van der Waals surface area contributed by atoms with Crippen molar-refractivity contribution in [2.24, 2.45) is 5.92 Å². The van der Waals surface area contributed by atoms with Gasteiger partial charge in [-0.05, 0) is 87.1 Å². The monoisotopic (exact) mass is 584 g/mol. The Bertz CT molecular complexity index is 1180. The highest BCUT2D eigenvalue weighted by molar-refractivity contribution is 5.96. The van der Waals surface area contributed by atoms with Gasteiger partial charge in [0.1, 0.15) is 0 Å². The Labute approximate surface area is 235 Å². The first kappa shape index (κ1) is 30.8. The van der Waals surface area contributed by atoms with Gasteiger partial charge in [0.05, 0.1) is 17.7 Å². The molecular weight excluding hydrogens is 550 g/mol. The topological polar surface area (TPSA) is 64.7 Å². The fraction of sp³-hybridized carbons (Fsp3) is 0.517. The minimum atomic E-state index is -4.56. The third kappa shape index (κ3) is 9.19. The van der Waals surface area contributed by atoms with Crippen LogP contribution < -0.4 is 10.6 Å². The molecular formula is C29H34F6N4O2. The number of hydrogen-bond donors (Lipinski definition) is 2. The Morgan fingerprint density at radius 3 is 2.15 bits per heavy atom. The maximum Gasteiger partial charge on any atom is 0.416 e. The quantitative estimate of drug-likeness (QED) is 0.410. The summed E-state index contributed by atoms with van der Waals surface area (Å²) >= 11 is 0. The van der Waals surface area contributed by atoms with Crippen molar-refractivity contribution in [3.05, 3.63) is 70.8 Å². The molecule has 1 atom stereocenters. The molecule has 2 heterocycles. The molecule has 0 bridgehead atoms. The van der Waals surface area contributed by atoms with E-state index in [9.17, 15) is 35.9 Å². The maximum absolute atomic E-state index is 12.9. The molecule has 2 fully saturated rings. The molecule has 0 spiro atoms. The van der Waals surface area contributed by atoms with E-state index < -0.39 is 35.3 Å². The molecule has 0 aromatic heterocycles. The number of nitrogens with one attached hydrogen (secondary N) is 2. The van der Waals surface area contributed by atoms with Crippen LogP contribution in [-0.2, 0) is 23.7 Å². The van der Waals surface area contributed by atoms with Crippen molar-refractivity contribution in [2.75, 3.05) is 39.3 Å². The fourth-order valence-corrected chi connectivity index (χ4v) is 5.39. The smallest absolute Gasteiger partial charge is 0.350 e. The standard InChI is InChI=1S/C29H34F6N4O2/c30-28(31,32)23-6-4-21(5-7-23)18-38-12-8-20(9-13-38)10-14-39-15-11-25(19-39)37-26(40)17-36-27(41)22-2-1-3-24(16-22)29(33,34)35/h1-7,16,20,25H,8-15,17-19H2,(H,36,41)(H,37,40). The maximum atomic E-state index is 12.9. The molecule has 12 heteroatoms. The van der Waals surface area contributed by atoms with Crippen molar-refractivity contribution >= 4 is 11.8 Å². The van der Waals surface area contributed by atoms with Gasteiger partial charge in [0.2, 0.25) is 5.91 Å². The van der Waals surface area contributed by atoms with Gasteiger partial charge in [-0.3, -0.25) is 14.5 Å². The number of alkyl halides is 6. The lowest BCUT2D eigenvalue weighted by atomic mass is 9.93. The van der Waals surface area contributed by atoms with Crippen molar-refractivity contribution < 1.29 is 35.9 Å². The molecule has 0 radical (unpaired) electrons. The van der Waals surface area contributed by atoms with Crippen LogP contribution in [0.15, 0.2) is 48.5 Å². The van der Waals surface area contributed by atoms with Gasteiger partial charge in [-0.2, -0.15) is 26.3 Å². The number of nitrogens with zero attached hydrogens (tertiary/aromatic N) is 2. The Hall–Kier alpha value is -3.12. The molecule has 2 aromatic carbocycles. The molecule has 2 N–H and O–H groups in total. The van der Waals surface area contributed by atoms with Crippen LogP contribution in [0.2, 0.25) is 0 Å². The second-order valence-electron chi connectivity index (χ2n) is 10.8. The molecule has 0 aliphatic carbocycles. The van der Waals surface area contributed by atoms with Gasteiger partial charge < -0.3 is 15.5 Å². The summed E-state index contributed by atoms with van der Waals surface area (Å²) in [7, 11) is 0. The van der Waals surface area contributed by atoms with Crippen molar-refractivity contribution in [3.63, 3.8) is 0 Å². The second-order valence-corrected chi connectivity index (χ2v) is 10.8. The summed E-state index contributed by atoms with van der Waals surface area (Å²) in [5.74, 6) is -0.569. The molecule has 4 rings (SSSR count). The first-order chi connectivity index (χ1) is 19.4. The molecule has 2 saturated heterocycles. The lowest BCUT2D eigenvalue weighted by Crippen LogP contribution is -2.43. The first-order valence-corrected chi connectivity index (χ1v) is 13.7. The zero-order valence-electron chi connectivity index (χ0n) is 22.5. The number of carbonyl (C=O) groups is 2. The Morgan fingerprint density at radius 1 is 0.829 bits per heavy atom. The van der Waals surface area contributed by atoms with E-state index in [0.717, 1.165) is 87.8 Å². The average Bonchev–Trinajstić information content (AvgIpc) is 3.38. The van der Waals surface area contributed by atoms with E-state index in [0.29, 0.717) is 19.0 Å². The van der Waals surface area contributed by atoms with Crippen LogP contribution in [0.25, 0.3) is 0 Å². The number of likely N-dealkylation sites (tertiary alicyclic amines) is 2. The minimum absolute atomic E-state index is 0.0569. The van der Waals surface area contributed by atoms with Crippen molar-refractivity contribution in [3.8, 4) is 0 Å². The van der Waals surface area contributed by atoms with Crippen molar-refractivity contribution in [2.45, 2.75) is 50.6 Å². The highest BCUT2D eigenvalue weighted by Crippen LogP contribution is 2.30. The van der Waals surface area contributed by atoms with Gasteiger partial charge in [-0.15, -0.1) is 0 Å². The Morgan fingerprint density at radius 2 is 1.49 bits per heavy atom. The highest BCUT2D eigenvalue weighted by Gasteiger charge is 2.32. The van der Waals surface area contributed by atoms with Crippen LogP contribution in [0.1, 0.15) is 52.7 Å². The zero-order chi connectivity index (χ0) is 29.6. The summed E-state index contributed by atoms with van der Waals surface area (Å²) in [6, 6.07) is 9.34. The summed E-state index contributed by atoms with van der Waals surface area (Å²) < 4.78 is 76.9. The lowest BCUT2D eigenvalue weighted by molar-refractivity contribution is -0.138. The molecule has 2 amide bonds. The van der Waals surface area contributed by atoms with Gasteiger partial charge >= 0.3 is 12.4 Å². The second kappa shape index (κ2) is 13.2. The summed E-state index contributed by atoms with van der Waals surface area (Å²) in [4.78, 5) is 29.1. The van der Waals surface area contributed by atoms with E-state index in [4.69, 9.17) is 0 Å². The fourth-order valence-electron chi connectivity index (χ4n) is 5.39. The summed E-state index contributed by atoms with van der Waals surface area (Å²) in [6.45, 7) is 4.55. The summed E-state index contributed by atoms with van der Waals surface area (Å²) in [5, 5.41) is 5.26. The average molecular weight is 585 g/mol. The number of benzene rings is 2. The molecule has 0 saturated carbocycles. The zero-order valence-corrected chi connectivity index (χ0v) is 22.5. The van der Waals surface area contributed by atoms with Gasteiger partial charge in [0.15, 0.2) is 0 Å². The molecule has 2 aliphatic heterocycles. The first-order valence-electron chi connectivity index (χ1n) is 13.7. The van der Waals surface area contributed by atoms with Gasteiger partial charge in [0, 0.05) is 31.2 Å². The van der Waals surface area contributed by atoms with Crippen molar-refractivity contribution in [1.29, 1.82) is 0 Å². The van der Waals surface area contributed by atoms with E-state index in [2.05, 4.69) is 20.4 Å². The summed E-state index contributed by atoms with van der Waals surface area (Å²) in [6.07, 6.45) is -5.02. The predicted octanol–water partition coefficient (Wildman–Crippen LogP) is 4.95. The minimum Gasteiger partial charge on any atom is -0.350 e. The van der Waals surface area contributed by atoms with E-state index in [1.165, 1.54) is 6.07 Å². The molecule has 41 heavy (non-hydrogen) atoms. The van der Waals surface area contributed by atoms with E-state index >= 15 is 0 Å². The van der Waals surface area contributed by atoms with Crippen LogP contribution in [0.3, 0.4) is 0 Å². The van der Waals surface area contributed by atoms with E-state index in [1.807, 2.05) is 0 Å². The SMILES string of the molecule is O=C(CNC(=O)c1cccc(C(F)(F)F)c1)NC1CCN(CCC2CCN(Cc3ccc(C(F)(F)F)cc3)CC2)C1. The Kier molecular flexibility index (Phi) is 9.96. The lowest BCUT2D eigenvalue weighted by Gasteiger charge is -2.32. The highest BCUT2D eigenvalue weighted by atomic mass is 19.4. The van der Waals surface area contributed by atoms with Gasteiger partial charge in [-0.25, -0.2) is 0 Å². The third-order valence-electron chi connectivity index (χ3n) is 7.75. The van der Waals surface area contributed by atoms with Crippen molar-refractivity contribution in [1.82, 2.24) is 20.4 Å². The van der Waals surface area contributed by atoms with Crippen LogP contribution >= 0.6 is 0 Å². The van der Waals surface area contributed by atoms with Gasteiger partial charge in [-0.1, -0.05) is 18.2 Å². The predicted molar refractivity (Wildman–Crippen MR) is 141 cm³/mol. The Balaban J connectivity index is 1.10. The molecule has 2 aliphatic rings. The largest absolute Gasteiger partial charge is 0.416 e. The molecule has 224 valence electrons.